The average Bonchev–Trinajstić information content (AvgIpc) is 3.05. The predicted molar refractivity (Wildman–Crippen MR) is 130 cm³/mol. The van der Waals surface area contributed by atoms with E-state index in [1.54, 1.807) is 5.57 Å². The standard InChI is InChI=1S/C29H50O2/c1-7-20(27(3,4)31)9-8-19(2)24-12-13-25-23-11-10-21-18-22(30)14-16-28(21,5)26(23)15-17-29(24,25)6/h10,19-20,22-26,30-31H,7-9,11-18H2,1-6H3/t19-,20-,22+,23?,24-,25?,26?,28+,29-/m1/s1. The van der Waals surface area contributed by atoms with E-state index in [0.29, 0.717) is 16.7 Å². The largest absolute Gasteiger partial charge is 0.393 e. The van der Waals surface area contributed by atoms with Gasteiger partial charge in [0, 0.05) is 0 Å². The minimum atomic E-state index is -0.552. The predicted octanol–water partition coefficient (Wildman–Crippen LogP) is 7.14. The molecule has 4 aliphatic carbocycles. The lowest BCUT2D eigenvalue weighted by Crippen LogP contribution is -2.50. The summed E-state index contributed by atoms with van der Waals surface area (Å²) in [5, 5.41) is 20.8. The van der Waals surface area contributed by atoms with Gasteiger partial charge in [-0.15, -0.1) is 0 Å². The first-order valence-corrected chi connectivity index (χ1v) is 13.6. The summed E-state index contributed by atoms with van der Waals surface area (Å²) in [6, 6.07) is 0. The number of hydrogen-bond acceptors (Lipinski definition) is 2. The van der Waals surface area contributed by atoms with Gasteiger partial charge in [-0.1, -0.05) is 52.2 Å². The van der Waals surface area contributed by atoms with Crippen molar-refractivity contribution in [3.63, 3.8) is 0 Å². The zero-order valence-corrected chi connectivity index (χ0v) is 21.3. The van der Waals surface area contributed by atoms with Crippen molar-refractivity contribution in [3.8, 4) is 0 Å². The Labute approximate surface area is 192 Å². The molecular formula is C29H50O2. The van der Waals surface area contributed by atoms with Crippen LogP contribution in [0.3, 0.4) is 0 Å². The smallest absolute Gasteiger partial charge is 0.0619 e. The van der Waals surface area contributed by atoms with E-state index < -0.39 is 5.60 Å². The molecule has 0 aromatic heterocycles. The first-order valence-electron chi connectivity index (χ1n) is 13.6. The van der Waals surface area contributed by atoms with Crippen molar-refractivity contribution in [3.05, 3.63) is 11.6 Å². The molecule has 0 aliphatic heterocycles. The SMILES string of the molecule is CC[C@H](CC[C@@H](C)[C@H]1CCC2C3CC=C4C[C@@H](O)CC[C@]4(C)C3CC[C@@]21C)C(C)(C)O. The normalized spacial score (nSPS) is 44.6. The summed E-state index contributed by atoms with van der Waals surface area (Å²) < 4.78 is 0. The van der Waals surface area contributed by atoms with Crippen LogP contribution in [0.25, 0.3) is 0 Å². The lowest BCUT2D eigenvalue weighted by molar-refractivity contribution is -0.0584. The number of hydrogen-bond donors (Lipinski definition) is 2. The third-order valence-corrected chi connectivity index (χ3v) is 11.3. The van der Waals surface area contributed by atoms with Gasteiger partial charge in [-0.05, 0) is 118 Å². The molecule has 0 radical (unpaired) electrons. The highest BCUT2D eigenvalue weighted by Crippen LogP contribution is 2.67. The maximum atomic E-state index is 10.5. The topological polar surface area (TPSA) is 40.5 Å². The molecule has 4 aliphatic rings. The fourth-order valence-corrected chi connectivity index (χ4v) is 9.34. The summed E-state index contributed by atoms with van der Waals surface area (Å²) in [4.78, 5) is 0. The van der Waals surface area contributed by atoms with Crippen LogP contribution in [0.5, 0.6) is 0 Å². The minimum absolute atomic E-state index is 0.0997. The Bertz CT molecular complexity index is 675. The molecule has 3 saturated carbocycles. The van der Waals surface area contributed by atoms with Crippen LogP contribution in [0.2, 0.25) is 0 Å². The summed E-state index contributed by atoms with van der Waals surface area (Å²) in [6.07, 6.45) is 16.0. The molecule has 178 valence electrons. The van der Waals surface area contributed by atoms with Gasteiger partial charge in [0.1, 0.15) is 0 Å². The monoisotopic (exact) mass is 430 g/mol. The highest BCUT2D eigenvalue weighted by atomic mass is 16.3. The molecule has 0 aromatic carbocycles. The van der Waals surface area contributed by atoms with Gasteiger partial charge < -0.3 is 10.2 Å². The molecule has 3 fully saturated rings. The van der Waals surface area contributed by atoms with Gasteiger partial charge in [-0.25, -0.2) is 0 Å². The molecule has 31 heavy (non-hydrogen) atoms. The number of allylic oxidation sites excluding steroid dienone is 1. The van der Waals surface area contributed by atoms with Crippen molar-refractivity contribution in [2.45, 2.75) is 124 Å². The molecule has 0 saturated heterocycles. The number of aliphatic hydroxyl groups excluding tert-OH is 1. The fraction of sp³-hybridized carbons (Fsp3) is 0.931. The first-order chi connectivity index (χ1) is 14.5. The Balaban J connectivity index is 1.47. The average molecular weight is 431 g/mol. The van der Waals surface area contributed by atoms with E-state index in [1.807, 2.05) is 13.8 Å². The Morgan fingerprint density at radius 3 is 2.48 bits per heavy atom. The van der Waals surface area contributed by atoms with Crippen LogP contribution in [-0.4, -0.2) is 21.9 Å². The Morgan fingerprint density at radius 2 is 1.81 bits per heavy atom. The fourth-order valence-electron chi connectivity index (χ4n) is 9.34. The van der Waals surface area contributed by atoms with Crippen LogP contribution in [0.15, 0.2) is 11.6 Å². The molecular weight excluding hydrogens is 380 g/mol. The van der Waals surface area contributed by atoms with Gasteiger partial charge in [-0.2, -0.15) is 0 Å². The summed E-state index contributed by atoms with van der Waals surface area (Å²) >= 11 is 0. The van der Waals surface area contributed by atoms with Gasteiger partial charge in [0.05, 0.1) is 11.7 Å². The molecule has 0 spiro atoms. The van der Waals surface area contributed by atoms with E-state index in [4.69, 9.17) is 0 Å². The van der Waals surface area contributed by atoms with E-state index in [9.17, 15) is 10.2 Å². The third-order valence-electron chi connectivity index (χ3n) is 11.3. The Kier molecular flexibility index (Phi) is 6.50. The van der Waals surface area contributed by atoms with Crippen molar-refractivity contribution in [2.24, 2.45) is 46.3 Å². The van der Waals surface area contributed by atoms with Crippen LogP contribution < -0.4 is 0 Å². The van der Waals surface area contributed by atoms with Crippen LogP contribution in [0, 0.1) is 46.3 Å². The number of aliphatic hydroxyl groups is 2. The summed E-state index contributed by atoms with van der Waals surface area (Å²) in [5.74, 6) is 4.62. The summed E-state index contributed by atoms with van der Waals surface area (Å²) in [6.45, 7) is 13.9. The lowest BCUT2D eigenvalue weighted by Gasteiger charge is -2.58. The molecule has 4 rings (SSSR count). The molecule has 3 unspecified atom stereocenters. The molecule has 0 aromatic rings. The molecule has 2 heteroatoms. The summed E-state index contributed by atoms with van der Waals surface area (Å²) in [7, 11) is 0. The van der Waals surface area contributed by atoms with Gasteiger partial charge in [-0.3, -0.25) is 0 Å². The molecule has 2 nitrogen and oxygen atoms in total. The second-order valence-electron chi connectivity index (χ2n) is 13.2. The van der Waals surface area contributed by atoms with Crippen molar-refractivity contribution < 1.29 is 10.2 Å². The molecule has 0 bridgehead atoms. The van der Waals surface area contributed by atoms with Crippen molar-refractivity contribution in [1.29, 1.82) is 0 Å². The second kappa shape index (κ2) is 8.46. The molecule has 9 atom stereocenters. The maximum absolute atomic E-state index is 10.5. The number of rotatable bonds is 6. The Hall–Kier alpha value is -0.340. The van der Waals surface area contributed by atoms with Crippen molar-refractivity contribution in [2.75, 3.05) is 0 Å². The quantitative estimate of drug-likeness (QED) is 0.440. The van der Waals surface area contributed by atoms with Crippen LogP contribution in [0.1, 0.15) is 112 Å². The van der Waals surface area contributed by atoms with Crippen molar-refractivity contribution >= 4 is 0 Å². The highest BCUT2D eigenvalue weighted by molar-refractivity contribution is 5.25. The lowest BCUT2D eigenvalue weighted by atomic mass is 9.47. The highest BCUT2D eigenvalue weighted by Gasteiger charge is 2.59. The van der Waals surface area contributed by atoms with E-state index >= 15 is 0 Å². The minimum Gasteiger partial charge on any atom is -0.393 e. The van der Waals surface area contributed by atoms with Gasteiger partial charge in [0.2, 0.25) is 0 Å². The maximum Gasteiger partial charge on any atom is 0.0619 e. The van der Waals surface area contributed by atoms with Gasteiger partial charge in [0.15, 0.2) is 0 Å². The van der Waals surface area contributed by atoms with E-state index in [0.717, 1.165) is 55.3 Å². The summed E-state index contributed by atoms with van der Waals surface area (Å²) in [5.41, 5.74) is 1.90. The second-order valence-corrected chi connectivity index (χ2v) is 13.2. The van der Waals surface area contributed by atoms with Crippen molar-refractivity contribution in [1.82, 2.24) is 0 Å². The van der Waals surface area contributed by atoms with Gasteiger partial charge in [0.25, 0.3) is 0 Å². The first kappa shape index (κ1) is 23.8. The third kappa shape index (κ3) is 4.07. The molecule has 2 N–H and O–H groups in total. The van der Waals surface area contributed by atoms with Crippen LogP contribution in [-0.2, 0) is 0 Å². The van der Waals surface area contributed by atoms with E-state index in [1.165, 1.54) is 44.9 Å². The van der Waals surface area contributed by atoms with Gasteiger partial charge >= 0.3 is 0 Å². The molecule has 0 heterocycles. The van der Waals surface area contributed by atoms with E-state index in [2.05, 4.69) is 33.8 Å². The zero-order chi connectivity index (χ0) is 22.6. The van der Waals surface area contributed by atoms with Crippen LogP contribution in [0.4, 0.5) is 0 Å². The zero-order valence-electron chi connectivity index (χ0n) is 21.3. The van der Waals surface area contributed by atoms with Crippen LogP contribution >= 0.6 is 0 Å². The Morgan fingerprint density at radius 1 is 1.06 bits per heavy atom. The van der Waals surface area contributed by atoms with E-state index in [-0.39, 0.29) is 6.10 Å². The molecule has 0 amide bonds. The number of fused-ring (bicyclic) bond motifs is 5.